The third-order valence-electron chi connectivity index (χ3n) is 3.66. The van der Waals surface area contributed by atoms with Gasteiger partial charge >= 0.3 is 0 Å². The zero-order chi connectivity index (χ0) is 14.1. The van der Waals surface area contributed by atoms with E-state index in [-0.39, 0.29) is 12.0 Å². The van der Waals surface area contributed by atoms with Gasteiger partial charge in [0.05, 0.1) is 11.4 Å². The molecule has 3 rings (SSSR count). The van der Waals surface area contributed by atoms with E-state index in [1.54, 1.807) is 0 Å². The SMILES string of the molecule is CC1CN(C(=N)N)CCN1c1nc2cccccc-2n1. The van der Waals surface area contributed by atoms with Crippen LogP contribution in [0.3, 0.4) is 0 Å². The summed E-state index contributed by atoms with van der Waals surface area (Å²) < 4.78 is 0. The summed E-state index contributed by atoms with van der Waals surface area (Å²) in [5, 5.41) is 7.51. The van der Waals surface area contributed by atoms with Gasteiger partial charge in [0.15, 0.2) is 5.96 Å². The topological polar surface area (TPSA) is 82.1 Å². The lowest BCUT2D eigenvalue weighted by Crippen LogP contribution is -2.55. The average molecular weight is 270 g/mol. The monoisotopic (exact) mass is 270 g/mol. The van der Waals surface area contributed by atoms with Gasteiger partial charge in [0.1, 0.15) is 0 Å². The van der Waals surface area contributed by atoms with Crippen LogP contribution in [0.2, 0.25) is 0 Å². The molecule has 3 N–H and O–H groups in total. The number of imidazole rings is 1. The molecule has 0 saturated carbocycles. The molecule has 0 spiro atoms. The molecule has 104 valence electrons. The molecule has 1 fully saturated rings. The Balaban J connectivity index is 1.85. The van der Waals surface area contributed by atoms with Gasteiger partial charge in [0.2, 0.25) is 5.95 Å². The van der Waals surface area contributed by atoms with Gasteiger partial charge < -0.3 is 15.5 Å². The first-order chi connectivity index (χ1) is 9.65. The minimum atomic E-state index is 0.136. The minimum Gasteiger partial charge on any atom is -0.370 e. The highest BCUT2D eigenvalue weighted by Crippen LogP contribution is 2.24. The maximum absolute atomic E-state index is 7.51. The number of nitrogens with one attached hydrogen (secondary N) is 1. The molecule has 0 aromatic heterocycles. The highest BCUT2D eigenvalue weighted by Gasteiger charge is 2.27. The summed E-state index contributed by atoms with van der Waals surface area (Å²) in [6.45, 7) is 4.35. The molecule has 0 bridgehead atoms. The van der Waals surface area contributed by atoms with Crippen LogP contribution in [-0.4, -0.2) is 46.5 Å². The molecule has 1 unspecified atom stereocenters. The number of piperazine rings is 1. The Hall–Kier alpha value is -2.37. The summed E-state index contributed by atoms with van der Waals surface area (Å²) >= 11 is 0. The van der Waals surface area contributed by atoms with Crippen molar-refractivity contribution in [3.63, 3.8) is 0 Å². The largest absolute Gasteiger partial charge is 0.370 e. The van der Waals surface area contributed by atoms with Crippen LogP contribution >= 0.6 is 0 Å². The molecule has 20 heavy (non-hydrogen) atoms. The van der Waals surface area contributed by atoms with E-state index in [2.05, 4.69) is 21.8 Å². The summed E-state index contributed by atoms with van der Waals surface area (Å²) in [7, 11) is 0. The smallest absolute Gasteiger partial charge is 0.226 e. The Bertz CT molecular complexity index is 567. The number of guanidine groups is 1. The molecule has 0 aromatic carbocycles. The number of nitrogens with zero attached hydrogens (tertiary/aromatic N) is 4. The van der Waals surface area contributed by atoms with Crippen molar-refractivity contribution < 1.29 is 0 Å². The van der Waals surface area contributed by atoms with E-state index in [4.69, 9.17) is 11.1 Å². The molecule has 1 aliphatic carbocycles. The van der Waals surface area contributed by atoms with E-state index >= 15 is 0 Å². The van der Waals surface area contributed by atoms with Crippen molar-refractivity contribution in [2.45, 2.75) is 13.0 Å². The van der Waals surface area contributed by atoms with Crippen LogP contribution < -0.4 is 10.6 Å². The Morgan fingerprint density at radius 1 is 1.20 bits per heavy atom. The van der Waals surface area contributed by atoms with Crippen LogP contribution in [0.5, 0.6) is 0 Å². The fourth-order valence-corrected chi connectivity index (χ4v) is 2.56. The molecular formula is C14H18N6. The first-order valence-corrected chi connectivity index (χ1v) is 6.73. The van der Waals surface area contributed by atoms with E-state index in [9.17, 15) is 0 Å². The minimum absolute atomic E-state index is 0.136. The summed E-state index contributed by atoms with van der Waals surface area (Å²) in [5.41, 5.74) is 7.37. The van der Waals surface area contributed by atoms with E-state index in [1.165, 1.54) is 0 Å². The fraction of sp³-hybridized carbons (Fsp3) is 0.357. The number of fused-ring (bicyclic) bond motifs is 1. The molecule has 6 nitrogen and oxygen atoms in total. The number of nitrogens with two attached hydrogens (primary N) is 1. The Morgan fingerprint density at radius 3 is 2.40 bits per heavy atom. The quantitative estimate of drug-likeness (QED) is 0.596. The third-order valence-corrected chi connectivity index (χ3v) is 3.66. The van der Waals surface area contributed by atoms with Crippen LogP contribution in [0.25, 0.3) is 11.4 Å². The second-order valence-corrected chi connectivity index (χ2v) is 5.08. The maximum Gasteiger partial charge on any atom is 0.226 e. The van der Waals surface area contributed by atoms with Crippen molar-refractivity contribution in [2.75, 3.05) is 24.5 Å². The van der Waals surface area contributed by atoms with Gasteiger partial charge in [-0.2, -0.15) is 0 Å². The highest BCUT2D eigenvalue weighted by molar-refractivity contribution is 5.75. The Labute approximate surface area is 118 Å². The van der Waals surface area contributed by atoms with Gasteiger partial charge in [-0.1, -0.05) is 18.2 Å². The van der Waals surface area contributed by atoms with E-state index < -0.39 is 0 Å². The zero-order valence-electron chi connectivity index (χ0n) is 11.5. The van der Waals surface area contributed by atoms with Crippen molar-refractivity contribution in [1.29, 1.82) is 5.41 Å². The summed E-state index contributed by atoms with van der Waals surface area (Å²) in [4.78, 5) is 13.3. The normalized spacial score (nSPS) is 19.4. The highest BCUT2D eigenvalue weighted by atomic mass is 15.4. The van der Waals surface area contributed by atoms with Crippen molar-refractivity contribution in [1.82, 2.24) is 14.9 Å². The van der Waals surface area contributed by atoms with E-state index in [0.717, 1.165) is 37.0 Å². The molecule has 1 atom stereocenters. The van der Waals surface area contributed by atoms with Crippen LogP contribution in [0.4, 0.5) is 5.95 Å². The zero-order valence-corrected chi connectivity index (χ0v) is 11.5. The van der Waals surface area contributed by atoms with Crippen LogP contribution in [0.1, 0.15) is 6.92 Å². The maximum atomic E-state index is 7.51. The molecule has 6 heteroatoms. The van der Waals surface area contributed by atoms with Crippen molar-refractivity contribution >= 4 is 11.9 Å². The standard InChI is InChI=1S/C14H18N6/c1-10-9-19(13(15)16)7-8-20(10)14-17-11-5-3-2-4-6-12(11)18-14/h2-6,10H,7-9H2,1H3,(H3,15,16). The fourth-order valence-electron chi connectivity index (χ4n) is 2.56. The second kappa shape index (κ2) is 4.96. The lowest BCUT2D eigenvalue weighted by molar-refractivity contribution is 0.331. The number of anilines is 1. The number of hydrogen-bond acceptors (Lipinski definition) is 4. The molecular weight excluding hydrogens is 252 g/mol. The van der Waals surface area contributed by atoms with Crippen molar-refractivity contribution in [3.05, 3.63) is 30.3 Å². The predicted molar refractivity (Wildman–Crippen MR) is 78.9 cm³/mol. The van der Waals surface area contributed by atoms with Crippen LogP contribution in [0, 0.1) is 5.41 Å². The van der Waals surface area contributed by atoms with Gasteiger partial charge in [-0.05, 0) is 19.1 Å². The first kappa shape index (κ1) is 12.7. The molecule has 1 saturated heterocycles. The molecule has 2 heterocycles. The average Bonchev–Trinajstić information content (AvgIpc) is 2.69. The van der Waals surface area contributed by atoms with Gasteiger partial charge in [0, 0.05) is 25.7 Å². The molecule has 0 radical (unpaired) electrons. The van der Waals surface area contributed by atoms with Gasteiger partial charge in [0.25, 0.3) is 0 Å². The molecule has 0 amide bonds. The number of aromatic nitrogens is 2. The third kappa shape index (κ3) is 2.24. The van der Waals surface area contributed by atoms with Crippen LogP contribution in [-0.2, 0) is 0 Å². The number of rotatable bonds is 1. The Kier molecular flexibility index (Phi) is 3.14. The Morgan fingerprint density at radius 2 is 1.85 bits per heavy atom. The van der Waals surface area contributed by atoms with Gasteiger partial charge in [-0.3, -0.25) is 5.41 Å². The van der Waals surface area contributed by atoms with Gasteiger partial charge in [-0.25, -0.2) is 9.97 Å². The molecule has 3 aliphatic rings. The lowest BCUT2D eigenvalue weighted by atomic mass is 10.2. The van der Waals surface area contributed by atoms with Gasteiger partial charge in [-0.15, -0.1) is 0 Å². The first-order valence-electron chi connectivity index (χ1n) is 6.73. The van der Waals surface area contributed by atoms with Crippen molar-refractivity contribution in [2.24, 2.45) is 5.73 Å². The predicted octanol–water partition coefficient (Wildman–Crippen LogP) is 0.985. The summed E-state index contributed by atoms with van der Waals surface area (Å²) in [6, 6.07) is 10.1. The van der Waals surface area contributed by atoms with Crippen molar-refractivity contribution in [3.8, 4) is 11.4 Å². The summed E-state index contributed by atoms with van der Waals surface area (Å²) in [5.74, 6) is 0.902. The van der Waals surface area contributed by atoms with E-state index in [1.807, 2.05) is 35.2 Å². The van der Waals surface area contributed by atoms with Crippen LogP contribution in [0.15, 0.2) is 30.3 Å². The number of hydrogen-bond donors (Lipinski definition) is 2. The molecule has 2 aliphatic heterocycles. The molecule has 0 aromatic rings. The summed E-state index contributed by atoms with van der Waals surface area (Å²) in [6.07, 6.45) is 0. The lowest BCUT2D eigenvalue weighted by Gasteiger charge is -2.39. The van der Waals surface area contributed by atoms with E-state index in [0.29, 0.717) is 0 Å². The second-order valence-electron chi connectivity index (χ2n) is 5.08.